The first-order valence-corrected chi connectivity index (χ1v) is 17.7. The van der Waals surface area contributed by atoms with E-state index in [1.807, 2.05) is 0 Å². The number of aliphatic hydroxyl groups is 2. The number of carbonyl (C=O) groups excluding carboxylic acids is 1. The van der Waals surface area contributed by atoms with E-state index in [2.05, 4.69) is 37.7 Å². The molecule has 0 heterocycles. The normalized spacial score (nSPS) is 41.3. The largest absolute Gasteiger partial charge is 0.497 e. The Morgan fingerprint density at radius 3 is 2.37 bits per heavy atom. The topological polar surface area (TPSA) is 125 Å². The molecule has 1 aromatic carbocycles. The van der Waals surface area contributed by atoms with Gasteiger partial charge in [-0.1, -0.05) is 34.1 Å². The summed E-state index contributed by atoms with van der Waals surface area (Å²) >= 11 is 0. The minimum absolute atomic E-state index is 0.0147. The molecule has 10 heteroatoms. The van der Waals surface area contributed by atoms with E-state index in [-0.39, 0.29) is 39.4 Å². The van der Waals surface area contributed by atoms with Crippen molar-refractivity contribution in [1.29, 1.82) is 0 Å². The Morgan fingerprint density at radius 1 is 1.07 bits per heavy atom. The Hall–Kier alpha value is -1.91. The van der Waals surface area contributed by atoms with Crippen molar-refractivity contribution in [3.05, 3.63) is 24.3 Å². The third-order valence-corrected chi connectivity index (χ3v) is 14.0. The number of halogens is 1. The molecule has 0 radical (unpaired) electrons. The van der Waals surface area contributed by atoms with Crippen LogP contribution in [0.15, 0.2) is 29.2 Å². The molecule has 8 nitrogen and oxygen atoms in total. The minimum atomic E-state index is -4.00. The first-order chi connectivity index (χ1) is 20.3. The van der Waals surface area contributed by atoms with E-state index in [1.165, 1.54) is 31.4 Å². The fourth-order valence-electron chi connectivity index (χ4n) is 10.5. The van der Waals surface area contributed by atoms with Gasteiger partial charge in [-0.15, -0.1) is 0 Å². The number of fused-ring (bicyclic) bond motifs is 5. The van der Waals surface area contributed by atoms with Gasteiger partial charge in [-0.2, -0.15) is 0 Å². The summed E-state index contributed by atoms with van der Waals surface area (Å²) < 4.78 is 48.0. The Balaban J connectivity index is 1.22. The Labute approximate surface area is 256 Å². The van der Waals surface area contributed by atoms with Crippen molar-refractivity contribution in [2.24, 2.45) is 52.3 Å². The van der Waals surface area contributed by atoms with Crippen LogP contribution in [0.25, 0.3) is 0 Å². The SMILES string of the molecule is CC[C@@H]1[C@@H]2[C@@H](F)[C@H](O)CC[C@]2(C)C2CC[C@@]3(C)C(CCC3[C@H](C)CCNC(=O)NS(=O)(=O)c3ccc(OC)cc3)C2[C@@H]1O. The third-order valence-electron chi connectivity index (χ3n) is 12.6. The van der Waals surface area contributed by atoms with E-state index in [0.717, 1.165) is 38.5 Å². The number of carbonyl (C=O) groups is 1. The zero-order valence-corrected chi connectivity index (χ0v) is 27.1. The lowest BCUT2D eigenvalue weighted by molar-refractivity contribution is -0.222. The summed E-state index contributed by atoms with van der Waals surface area (Å²) in [6.07, 6.45) is 4.06. The number of methoxy groups -OCH3 is 1. The average molecular weight is 623 g/mol. The van der Waals surface area contributed by atoms with Crippen LogP contribution in [0, 0.1) is 52.3 Å². The number of nitrogens with one attached hydrogen (secondary N) is 2. The first kappa shape index (κ1) is 32.5. The molecule has 43 heavy (non-hydrogen) atoms. The summed E-state index contributed by atoms with van der Waals surface area (Å²) in [5.41, 5.74) is -0.163. The molecule has 4 unspecified atom stereocenters. The number of hydrogen-bond donors (Lipinski definition) is 4. The van der Waals surface area contributed by atoms with E-state index in [1.54, 1.807) is 0 Å². The van der Waals surface area contributed by atoms with Gasteiger partial charge in [0, 0.05) is 12.5 Å². The molecule has 1 aromatic rings. The monoisotopic (exact) mass is 622 g/mol. The van der Waals surface area contributed by atoms with Crippen molar-refractivity contribution in [3.8, 4) is 5.75 Å². The second-order valence-electron chi connectivity index (χ2n) is 14.5. The van der Waals surface area contributed by atoms with Crippen LogP contribution in [0.5, 0.6) is 5.75 Å². The zero-order chi connectivity index (χ0) is 31.3. The molecule has 4 saturated carbocycles. The molecular weight excluding hydrogens is 571 g/mol. The van der Waals surface area contributed by atoms with Crippen LogP contribution in [-0.2, 0) is 10.0 Å². The predicted octanol–water partition coefficient (Wildman–Crippen LogP) is 5.28. The Morgan fingerprint density at radius 2 is 1.72 bits per heavy atom. The fourth-order valence-corrected chi connectivity index (χ4v) is 11.5. The fraction of sp³-hybridized carbons (Fsp3) is 0.788. The number of sulfonamides is 1. The van der Waals surface area contributed by atoms with E-state index in [4.69, 9.17) is 4.74 Å². The smallest absolute Gasteiger partial charge is 0.328 e. The third kappa shape index (κ3) is 5.58. The van der Waals surface area contributed by atoms with Gasteiger partial charge in [0.05, 0.1) is 24.2 Å². The maximum absolute atomic E-state index is 15.6. The maximum Gasteiger partial charge on any atom is 0.328 e. The molecule has 0 saturated heterocycles. The van der Waals surface area contributed by atoms with Gasteiger partial charge < -0.3 is 20.3 Å². The van der Waals surface area contributed by atoms with Crippen molar-refractivity contribution >= 4 is 16.1 Å². The molecule has 0 spiro atoms. The molecule has 0 aliphatic heterocycles. The molecule has 0 aromatic heterocycles. The van der Waals surface area contributed by atoms with E-state index >= 15 is 4.39 Å². The molecule has 4 N–H and O–H groups in total. The summed E-state index contributed by atoms with van der Waals surface area (Å²) in [6, 6.07) is 5.09. The van der Waals surface area contributed by atoms with Crippen LogP contribution in [0.4, 0.5) is 9.18 Å². The van der Waals surface area contributed by atoms with Gasteiger partial charge in [0.2, 0.25) is 0 Å². The average Bonchev–Trinajstić information content (AvgIpc) is 3.33. The number of aliphatic hydroxyl groups excluding tert-OH is 2. The highest BCUT2D eigenvalue weighted by atomic mass is 32.2. The second kappa shape index (κ2) is 12.1. The molecule has 4 fully saturated rings. The van der Waals surface area contributed by atoms with Crippen molar-refractivity contribution in [1.82, 2.24) is 10.0 Å². The van der Waals surface area contributed by atoms with E-state index in [0.29, 0.717) is 42.9 Å². The summed E-state index contributed by atoms with van der Waals surface area (Å²) in [5.74, 6) is 1.55. The van der Waals surface area contributed by atoms with Crippen LogP contribution in [-0.4, -0.2) is 56.7 Å². The number of hydrogen-bond acceptors (Lipinski definition) is 6. The van der Waals surface area contributed by atoms with Gasteiger partial charge in [-0.05, 0) is 116 Å². The second-order valence-corrected chi connectivity index (χ2v) is 16.1. The van der Waals surface area contributed by atoms with Crippen molar-refractivity contribution in [3.63, 3.8) is 0 Å². The van der Waals surface area contributed by atoms with Gasteiger partial charge in [0.1, 0.15) is 11.9 Å². The summed E-state index contributed by atoms with van der Waals surface area (Å²) in [7, 11) is -2.50. The van der Waals surface area contributed by atoms with Crippen molar-refractivity contribution in [2.45, 2.75) is 102 Å². The molecular formula is C33H51FN2O6S. The molecule has 2 amide bonds. The Kier molecular flexibility index (Phi) is 9.16. The van der Waals surface area contributed by atoms with Gasteiger partial charge in [-0.25, -0.2) is 22.3 Å². The first-order valence-electron chi connectivity index (χ1n) is 16.2. The number of benzene rings is 1. The lowest BCUT2D eigenvalue weighted by atomic mass is 9.41. The van der Waals surface area contributed by atoms with Crippen molar-refractivity contribution < 1.29 is 32.6 Å². The van der Waals surface area contributed by atoms with Crippen LogP contribution in [0.1, 0.15) is 79.1 Å². The summed E-state index contributed by atoms with van der Waals surface area (Å²) in [5, 5.41) is 25.0. The standard InChI is InChI=1S/C33H51FN2O6S/c1-6-22-28-29(34)26(37)14-17-33(28,4)25-13-16-32(3)23(11-12-24(32)27(25)30(22)38)19(2)15-18-35-31(39)36-43(40,41)21-9-7-20(42-5)8-10-21/h7-10,19,22-30,37-38H,6,11-18H2,1-5H3,(H2,35,36,39)/t19-,22-,23?,24?,25?,26-,27?,28-,29+,30-,32-,33-/m1/s1. The van der Waals surface area contributed by atoms with Crippen LogP contribution in [0.2, 0.25) is 0 Å². The van der Waals surface area contributed by atoms with Crippen LogP contribution in [0.3, 0.4) is 0 Å². The highest BCUT2D eigenvalue weighted by Gasteiger charge is 2.66. The molecule has 12 atom stereocenters. The molecule has 5 rings (SSSR count). The lowest BCUT2D eigenvalue weighted by Crippen LogP contribution is -2.65. The quantitative estimate of drug-likeness (QED) is 0.313. The highest BCUT2D eigenvalue weighted by Crippen LogP contribution is 2.69. The van der Waals surface area contributed by atoms with E-state index in [9.17, 15) is 23.4 Å². The lowest BCUT2D eigenvalue weighted by Gasteiger charge is -2.65. The molecule has 4 aliphatic rings. The molecule has 4 aliphatic carbocycles. The van der Waals surface area contributed by atoms with Gasteiger partial charge in [-0.3, -0.25) is 0 Å². The van der Waals surface area contributed by atoms with Crippen LogP contribution < -0.4 is 14.8 Å². The minimum Gasteiger partial charge on any atom is -0.497 e. The number of ether oxygens (including phenoxy) is 1. The number of alkyl halides is 1. The summed E-state index contributed by atoms with van der Waals surface area (Å²) in [4.78, 5) is 12.5. The molecule has 0 bridgehead atoms. The highest BCUT2D eigenvalue weighted by molar-refractivity contribution is 7.90. The van der Waals surface area contributed by atoms with Gasteiger partial charge >= 0.3 is 6.03 Å². The number of urea groups is 1. The van der Waals surface area contributed by atoms with Gasteiger partial charge in [0.25, 0.3) is 10.0 Å². The predicted molar refractivity (Wildman–Crippen MR) is 163 cm³/mol. The van der Waals surface area contributed by atoms with Crippen LogP contribution >= 0.6 is 0 Å². The van der Waals surface area contributed by atoms with E-state index < -0.39 is 34.4 Å². The van der Waals surface area contributed by atoms with Gasteiger partial charge in [0.15, 0.2) is 0 Å². The molecule has 242 valence electrons. The number of rotatable bonds is 8. The number of amides is 2. The zero-order valence-electron chi connectivity index (χ0n) is 26.3. The van der Waals surface area contributed by atoms with Crippen molar-refractivity contribution in [2.75, 3.05) is 13.7 Å². The Bertz CT molecular complexity index is 1260. The maximum atomic E-state index is 15.6. The summed E-state index contributed by atoms with van der Waals surface area (Å²) in [6.45, 7) is 9.25.